The van der Waals surface area contributed by atoms with E-state index in [-0.39, 0.29) is 0 Å². The van der Waals surface area contributed by atoms with Crippen LogP contribution in [0.15, 0.2) is 0 Å². The molecule has 0 aliphatic rings. The van der Waals surface area contributed by atoms with Gasteiger partial charge in [0.1, 0.15) is 3.57 Å². The zero-order valence-electron chi connectivity index (χ0n) is 6.59. The summed E-state index contributed by atoms with van der Waals surface area (Å²) in [7, 11) is 5.01. The molecule has 1 rings (SSSR count). The Hall–Kier alpha value is -0.460. The van der Waals surface area contributed by atoms with Crippen molar-refractivity contribution < 1.29 is 9.47 Å². The van der Waals surface area contributed by atoms with Gasteiger partial charge in [-0.2, -0.15) is 0 Å². The summed E-state index contributed by atoms with van der Waals surface area (Å²) < 4.78 is 12.6. The SMILES string of the molecule is COc1nn(C)c(OC)c1I. The Morgan fingerprint density at radius 3 is 2.27 bits per heavy atom. The number of hydrogen-bond acceptors (Lipinski definition) is 3. The van der Waals surface area contributed by atoms with E-state index in [0.29, 0.717) is 5.88 Å². The van der Waals surface area contributed by atoms with Gasteiger partial charge in [-0.3, -0.25) is 0 Å². The Bertz CT molecular complexity index is 259. The summed E-state index contributed by atoms with van der Waals surface area (Å²) in [6.07, 6.45) is 0. The number of hydrogen-bond donors (Lipinski definition) is 0. The first-order chi connectivity index (χ1) is 5.20. The van der Waals surface area contributed by atoms with Crippen LogP contribution in [0.25, 0.3) is 0 Å². The summed E-state index contributed by atoms with van der Waals surface area (Å²) in [5, 5.41) is 4.06. The fraction of sp³-hybridized carbons (Fsp3) is 0.500. The average molecular weight is 268 g/mol. The van der Waals surface area contributed by atoms with E-state index in [1.165, 1.54) is 0 Å². The number of nitrogens with zero attached hydrogens (tertiary/aromatic N) is 2. The Labute approximate surface area is 78.6 Å². The highest BCUT2D eigenvalue weighted by molar-refractivity contribution is 14.1. The van der Waals surface area contributed by atoms with Gasteiger partial charge >= 0.3 is 0 Å². The minimum atomic E-state index is 0.602. The van der Waals surface area contributed by atoms with E-state index in [0.717, 1.165) is 9.45 Å². The van der Waals surface area contributed by atoms with Crippen LogP contribution in [0.2, 0.25) is 0 Å². The van der Waals surface area contributed by atoms with E-state index in [1.807, 2.05) is 7.05 Å². The van der Waals surface area contributed by atoms with Crippen molar-refractivity contribution >= 4 is 22.6 Å². The summed E-state index contributed by atoms with van der Waals surface area (Å²) >= 11 is 2.13. The van der Waals surface area contributed by atoms with Crippen molar-refractivity contribution in [2.75, 3.05) is 14.2 Å². The summed E-state index contributed by atoms with van der Waals surface area (Å²) in [6, 6.07) is 0. The van der Waals surface area contributed by atoms with E-state index < -0.39 is 0 Å². The third-order valence-corrected chi connectivity index (χ3v) is 2.22. The van der Waals surface area contributed by atoms with Crippen LogP contribution in [0.4, 0.5) is 0 Å². The highest BCUT2D eigenvalue weighted by Gasteiger charge is 2.13. The van der Waals surface area contributed by atoms with Crippen LogP contribution in [0.5, 0.6) is 11.8 Å². The molecule has 0 bridgehead atoms. The van der Waals surface area contributed by atoms with Gasteiger partial charge < -0.3 is 9.47 Å². The van der Waals surface area contributed by atoms with Gasteiger partial charge in [-0.25, -0.2) is 4.68 Å². The molecule has 0 aliphatic carbocycles. The first-order valence-electron chi connectivity index (χ1n) is 3.01. The van der Waals surface area contributed by atoms with Crippen LogP contribution in [-0.4, -0.2) is 24.0 Å². The van der Waals surface area contributed by atoms with Gasteiger partial charge in [0.2, 0.25) is 11.8 Å². The van der Waals surface area contributed by atoms with Crippen LogP contribution < -0.4 is 9.47 Å². The molecule has 0 unspecified atom stereocenters. The first kappa shape index (κ1) is 8.63. The van der Waals surface area contributed by atoms with Crippen LogP contribution >= 0.6 is 22.6 Å². The van der Waals surface area contributed by atoms with Crippen LogP contribution in [0.3, 0.4) is 0 Å². The molecular formula is C6H9IN2O2. The van der Waals surface area contributed by atoms with Gasteiger partial charge in [-0.1, -0.05) is 0 Å². The van der Waals surface area contributed by atoms with E-state index in [4.69, 9.17) is 9.47 Å². The summed E-state index contributed by atoms with van der Waals surface area (Å²) in [5.41, 5.74) is 0. The van der Waals surface area contributed by atoms with Gasteiger partial charge in [0.05, 0.1) is 14.2 Å². The Morgan fingerprint density at radius 2 is 2.00 bits per heavy atom. The highest BCUT2D eigenvalue weighted by atomic mass is 127. The topological polar surface area (TPSA) is 36.3 Å². The lowest BCUT2D eigenvalue weighted by molar-refractivity contribution is 0.369. The fourth-order valence-electron chi connectivity index (χ4n) is 0.811. The smallest absolute Gasteiger partial charge is 0.250 e. The molecule has 5 heteroatoms. The maximum absolute atomic E-state index is 5.07. The van der Waals surface area contributed by atoms with Gasteiger partial charge in [0.15, 0.2) is 0 Å². The Kier molecular flexibility index (Phi) is 2.58. The van der Waals surface area contributed by atoms with E-state index in [2.05, 4.69) is 27.7 Å². The van der Waals surface area contributed by atoms with E-state index >= 15 is 0 Å². The molecule has 0 aliphatic heterocycles. The predicted octanol–water partition coefficient (Wildman–Crippen LogP) is 1.04. The second-order valence-corrected chi connectivity index (χ2v) is 3.03. The lowest BCUT2D eigenvalue weighted by Crippen LogP contribution is -1.95. The number of aryl methyl sites for hydroxylation is 1. The molecule has 0 saturated carbocycles. The monoisotopic (exact) mass is 268 g/mol. The Balaban J connectivity index is 3.14. The van der Waals surface area contributed by atoms with Crippen molar-refractivity contribution in [1.82, 2.24) is 9.78 Å². The van der Waals surface area contributed by atoms with Crippen molar-refractivity contribution in [2.24, 2.45) is 7.05 Å². The summed E-state index contributed by atoms with van der Waals surface area (Å²) in [5.74, 6) is 1.33. The van der Waals surface area contributed by atoms with Crippen molar-refractivity contribution in [2.45, 2.75) is 0 Å². The van der Waals surface area contributed by atoms with E-state index in [1.54, 1.807) is 18.9 Å². The molecule has 1 aromatic heterocycles. The number of ether oxygens (including phenoxy) is 2. The molecule has 0 N–H and O–H groups in total. The van der Waals surface area contributed by atoms with Gasteiger partial charge in [-0.05, 0) is 22.6 Å². The Morgan fingerprint density at radius 1 is 1.36 bits per heavy atom. The summed E-state index contributed by atoms with van der Waals surface area (Å²) in [4.78, 5) is 0. The first-order valence-corrected chi connectivity index (χ1v) is 4.09. The van der Waals surface area contributed by atoms with Gasteiger partial charge in [0.25, 0.3) is 0 Å². The second-order valence-electron chi connectivity index (χ2n) is 1.96. The molecule has 0 atom stereocenters. The quantitative estimate of drug-likeness (QED) is 0.752. The number of methoxy groups -OCH3 is 2. The molecule has 1 heterocycles. The zero-order chi connectivity index (χ0) is 8.43. The molecule has 4 nitrogen and oxygen atoms in total. The zero-order valence-corrected chi connectivity index (χ0v) is 8.75. The van der Waals surface area contributed by atoms with Crippen LogP contribution in [-0.2, 0) is 7.05 Å². The fourth-order valence-corrected chi connectivity index (χ4v) is 1.71. The van der Waals surface area contributed by atoms with Gasteiger partial charge in [0, 0.05) is 7.05 Å². The largest absolute Gasteiger partial charge is 0.480 e. The molecule has 0 amide bonds. The lowest BCUT2D eigenvalue weighted by Gasteiger charge is -1.97. The molecule has 0 radical (unpaired) electrons. The molecular weight excluding hydrogens is 259 g/mol. The highest BCUT2D eigenvalue weighted by Crippen LogP contribution is 2.28. The number of halogens is 1. The number of aromatic nitrogens is 2. The van der Waals surface area contributed by atoms with Crippen LogP contribution in [0, 0.1) is 3.57 Å². The van der Waals surface area contributed by atoms with Crippen molar-refractivity contribution in [3.63, 3.8) is 0 Å². The molecule has 0 fully saturated rings. The average Bonchev–Trinajstić information content (AvgIpc) is 2.26. The standard InChI is InChI=1S/C6H9IN2O2/c1-9-6(11-3)4(7)5(8-9)10-2/h1-3H3. The molecule has 1 aromatic rings. The minimum Gasteiger partial charge on any atom is -0.480 e. The maximum Gasteiger partial charge on any atom is 0.250 e. The molecule has 11 heavy (non-hydrogen) atoms. The maximum atomic E-state index is 5.07. The third kappa shape index (κ3) is 1.42. The molecule has 0 aromatic carbocycles. The lowest BCUT2D eigenvalue weighted by atomic mass is 10.6. The minimum absolute atomic E-state index is 0.602. The van der Waals surface area contributed by atoms with Crippen LogP contribution in [0.1, 0.15) is 0 Å². The molecule has 0 saturated heterocycles. The van der Waals surface area contributed by atoms with E-state index in [9.17, 15) is 0 Å². The third-order valence-electron chi connectivity index (χ3n) is 1.30. The summed E-state index contributed by atoms with van der Waals surface area (Å²) in [6.45, 7) is 0. The number of rotatable bonds is 2. The van der Waals surface area contributed by atoms with Crippen molar-refractivity contribution in [3.8, 4) is 11.8 Å². The second kappa shape index (κ2) is 3.29. The molecule has 62 valence electrons. The van der Waals surface area contributed by atoms with Gasteiger partial charge in [-0.15, -0.1) is 5.10 Å². The normalized spacial score (nSPS) is 9.82. The molecule has 0 spiro atoms. The van der Waals surface area contributed by atoms with Crippen molar-refractivity contribution in [3.05, 3.63) is 3.57 Å². The predicted molar refractivity (Wildman–Crippen MR) is 49.0 cm³/mol. The van der Waals surface area contributed by atoms with Crippen molar-refractivity contribution in [1.29, 1.82) is 0 Å².